The van der Waals surface area contributed by atoms with Crippen LogP contribution in [0.4, 0.5) is 0 Å². The van der Waals surface area contributed by atoms with Gasteiger partial charge in [-0.2, -0.15) is 0 Å². The molecule has 0 N–H and O–H groups in total. The second-order valence-electron chi connectivity index (χ2n) is 5.46. The molecular formula is C18H18N2OS. The van der Waals surface area contributed by atoms with Gasteiger partial charge in [0.2, 0.25) is 4.77 Å². The number of nitrogens with zero attached hydrogens (tertiary/aromatic N) is 2. The van der Waals surface area contributed by atoms with Crippen molar-refractivity contribution in [3.8, 4) is 17.0 Å². The first-order valence-corrected chi connectivity index (χ1v) is 7.68. The number of rotatable bonds is 3. The molecular weight excluding hydrogens is 292 g/mol. The van der Waals surface area contributed by atoms with Gasteiger partial charge < -0.3 is 9.30 Å². The summed E-state index contributed by atoms with van der Waals surface area (Å²) in [5.41, 5.74) is 3.04. The third-order valence-corrected chi connectivity index (χ3v) is 3.98. The molecule has 112 valence electrons. The van der Waals surface area contributed by atoms with Gasteiger partial charge >= 0.3 is 0 Å². The van der Waals surface area contributed by atoms with E-state index in [4.69, 9.17) is 21.9 Å². The van der Waals surface area contributed by atoms with Gasteiger partial charge in [-0.25, -0.2) is 4.98 Å². The number of fused-ring (bicyclic) bond motifs is 1. The molecule has 0 fully saturated rings. The zero-order chi connectivity index (χ0) is 15.7. The van der Waals surface area contributed by atoms with Gasteiger partial charge in [0.05, 0.1) is 18.3 Å². The molecule has 0 saturated carbocycles. The van der Waals surface area contributed by atoms with Crippen molar-refractivity contribution in [2.24, 2.45) is 0 Å². The molecule has 0 bridgehead atoms. The van der Waals surface area contributed by atoms with Crippen molar-refractivity contribution in [2.75, 3.05) is 7.11 Å². The van der Waals surface area contributed by atoms with Crippen molar-refractivity contribution < 1.29 is 4.74 Å². The molecule has 1 heterocycles. The molecule has 0 atom stereocenters. The summed E-state index contributed by atoms with van der Waals surface area (Å²) in [4.78, 5) is 4.69. The van der Waals surface area contributed by atoms with Crippen LogP contribution >= 0.6 is 12.2 Å². The van der Waals surface area contributed by atoms with Gasteiger partial charge in [-0.05, 0) is 44.3 Å². The maximum atomic E-state index is 5.53. The number of hydrogen-bond acceptors (Lipinski definition) is 3. The molecule has 1 aromatic heterocycles. The Kier molecular flexibility index (Phi) is 3.94. The number of ether oxygens (including phenoxy) is 1. The summed E-state index contributed by atoms with van der Waals surface area (Å²) in [5.74, 6) is 0.818. The highest BCUT2D eigenvalue weighted by Gasteiger charge is 2.13. The van der Waals surface area contributed by atoms with Crippen LogP contribution in [0.1, 0.15) is 19.9 Å². The SMILES string of the molecule is COc1ccc2c(c1)c(-c1ccccc1)nc(=S)n2C(C)C. The molecule has 3 rings (SSSR count). The lowest BCUT2D eigenvalue weighted by Crippen LogP contribution is -2.08. The molecule has 2 aromatic carbocycles. The van der Waals surface area contributed by atoms with E-state index in [1.165, 1.54) is 0 Å². The minimum absolute atomic E-state index is 0.251. The molecule has 0 unspecified atom stereocenters. The minimum atomic E-state index is 0.251. The van der Waals surface area contributed by atoms with E-state index >= 15 is 0 Å². The van der Waals surface area contributed by atoms with Crippen LogP contribution in [0.2, 0.25) is 0 Å². The Bertz CT molecular complexity index is 869. The fourth-order valence-electron chi connectivity index (χ4n) is 2.67. The molecule has 0 aliphatic rings. The van der Waals surface area contributed by atoms with Crippen molar-refractivity contribution in [1.29, 1.82) is 0 Å². The summed E-state index contributed by atoms with van der Waals surface area (Å²) in [6.45, 7) is 4.23. The molecule has 0 amide bonds. The van der Waals surface area contributed by atoms with Crippen LogP contribution in [0, 0.1) is 4.77 Å². The topological polar surface area (TPSA) is 27.1 Å². The first-order chi connectivity index (χ1) is 10.6. The molecule has 0 aliphatic heterocycles. The Balaban J connectivity index is 2.42. The van der Waals surface area contributed by atoms with Crippen molar-refractivity contribution in [2.45, 2.75) is 19.9 Å². The minimum Gasteiger partial charge on any atom is -0.497 e. The van der Waals surface area contributed by atoms with Crippen LogP contribution in [0.15, 0.2) is 48.5 Å². The maximum Gasteiger partial charge on any atom is 0.200 e. The fourth-order valence-corrected chi connectivity index (χ4v) is 3.07. The van der Waals surface area contributed by atoms with Crippen LogP contribution in [0.5, 0.6) is 5.75 Å². The Labute approximate surface area is 135 Å². The van der Waals surface area contributed by atoms with Gasteiger partial charge in [0.15, 0.2) is 0 Å². The van der Waals surface area contributed by atoms with Gasteiger partial charge in [-0.15, -0.1) is 0 Å². The molecule has 0 spiro atoms. The second-order valence-corrected chi connectivity index (χ2v) is 5.82. The Morgan fingerprint density at radius 2 is 1.82 bits per heavy atom. The summed E-state index contributed by atoms with van der Waals surface area (Å²) >= 11 is 5.53. The zero-order valence-electron chi connectivity index (χ0n) is 12.9. The molecule has 0 aliphatic carbocycles. The molecule has 3 nitrogen and oxygen atoms in total. The van der Waals surface area contributed by atoms with Gasteiger partial charge in [0.1, 0.15) is 5.75 Å². The lowest BCUT2D eigenvalue weighted by atomic mass is 10.1. The highest BCUT2D eigenvalue weighted by atomic mass is 32.1. The first kappa shape index (κ1) is 14.7. The Hall–Kier alpha value is -2.20. The average Bonchev–Trinajstić information content (AvgIpc) is 2.54. The predicted molar refractivity (Wildman–Crippen MR) is 92.9 cm³/mol. The van der Waals surface area contributed by atoms with Gasteiger partial charge in [-0.1, -0.05) is 30.3 Å². The van der Waals surface area contributed by atoms with E-state index in [0.717, 1.165) is 27.9 Å². The zero-order valence-corrected chi connectivity index (χ0v) is 13.7. The molecule has 3 aromatic rings. The number of methoxy groups -OCH3 is 1. The number of hydrogen-bond donors (Lipinski definition) is 0. The quantitative estimate of drug-likeness (QED) is 0.635. The average molecular weight is 310 g/mol. The molecule has 4 heteroatoms. The fraction of sp³-hybridized carbons (Fsp3) is 0.222. The van der Waals surface area contributed by atoms with E-state index in [9.17, 15) is 0 Å². The van der Waals surface area contributed by atoms with Crippen molar-refractivity contribution >= 4 is 23.1 Å². The number of aromatic nitrogens is 2. The van der Waals surface area contributed by atoms with Crippen LogP contribution in [-0.4, -0.2) is 16.7 Å². The first-order valence-electron chi connectivity index (χ1n) is 7.27. The van der Waals surface area contributed by atoms with E-state index in [0.29, 0.717) is 4.77 Å². The highest BCUT2D eigenvalue weighted by Crippen LogP contribution is 2.31. The van der Waals surface area contributed by atoms with E-state index in [-0.39, 0.29) is 6.04 Å². The monoisotopic (exact) mass is 310 g/mol. The van der Waals surface area contributed by atoms with Crippen molar-refractivity contribution in [3.05, 3.63) is 53.3 Å². The smallest absolute Gasteiger partial charge is 0.200 e. The summed E-state index contributed by atoms with van der Waals surface area (Å²) < 4.78 is 8.06. The Morgan fingerprint density at radius 3 is 2.45 bits per heavy atom. The van der Waals surface area contributed by atoms with Crippen LogP contribution < -0.4 is 4.74 Å². The normalized spacial score (nSPS) is 11.1. The largest absolute Gasteiger partial charge is 0.497 e. The third kappa shape index (κ3) is 2.50. The van der Waals surface area contributed by atoms with Crippen LogP contribution in [0.3, 0.4) is 0 Å². The highest BCUT2D eigenvalue weighted by molar-refractivity contribution is 7.71. The summed E-state index contributed by atoms with van der Waals surface area (Å²) in [5, 5.41) is 1.05. The van der Waals surface area contributed by atoms with Crippen molar-refractivity contribution in [1.82, 2.24) is 9.55 Å². The lowest BCUT2D eigenvalue weighted by Gasteiger charge is -2.17. The van der Waals surface area contributed by atoms with E-state index in [2.05, 4.69) is 36.6 Å². The van der Waals surface area contributed by atoms with E-state index < -0.39 is 0 Å². The number of benzene rings is 2. The van der Waals surface area contributed by atoms with Gasteiger partial charge in [0, 0.05) is 17.0 Å². The lowest BCUT2D eigenvalue weighted by molar-refractivity contribution is 0.415. The van der Waals surface area contributed by atoms with E-state index in [1.54, 1.807) is 7.11 Å². The molecule has 0 radical (unpaired) electrons. The third-order valence-electron chi connectivity index (χ3n) is 3.70. The molecule has 0 saturated heterocycles. The van der Waals surface area contributed by atoms with Crippen LogP contribution in [-0.2, 0) is 0 Å². The van der Waals surface area contributed by atoms with Gasteiger partial charge in [0.25, 0.3) is 0 Å². The standard InChI is InChI=1S/C18H18N2OS/c1-12(2)20-16-10-9-14(21-3)11-15(16)17(19-18(20)22)13-7-5-4-6-8-13/h4-12H,1-3H3. The van der Waals surface area contributed by atoms with Gasteiger partial charge in [-0.3, -0.25) is 0 Å². The summed E-state index contributed by atoms with van der Waals surface area (Å²) in [6, 6.07) is 16.4. The van der Waals surface area contributed by atoms with E-state index in [1.807, 2.05) is 30.3 Å². The Morgan fingerprint density at radius 1 is 1.09 bits per heavy atom. The van der Waals surface area contributed by atoms with Crippen molar-refractivity contribution in [3.63, 3.8) is 0 Å². The second kappa shape index (κ2) is 5.89. The predicted octanol–water partition coefficient (Wildman–Crippen LogP) is 5.02. The molecule has 22 heavy (non-hydrogen) atoms. The maximum absolute atomic E-state index is 5.53. The van der Waals surface area contributed by atoms with Crippen LogP contribution in [0.25, 0.3) is 22.2 Å². The summed E-state index contributed by atoms with van der Waals surface area (Å²) in [7, 11) is 1.68. The summed E-state index contributed by atoms with van der Waals surface area (Å²) in [6.07, 6.45) is 0.